The van der Waals surface area contributed by atoms with Crippen molar-refractivity contribution >= 4 is 0 Å². The largest absolute Gasteiger partial charge is 0.494 e. The number of nitrogens with zero attached hydrogens (tertiary/aromatic N) is 1. The minimum absolute atomic E-state index is 0.264. The van der Waals surface area contributed by atoms with E-state index in [2.05, 4.69) is 18.0 Å². The number of hydrogen-bond acceptors (Lipinski definition) is 2. The van der Waals surface area contributed by atoms with Crippen LogP contribution in [-0.2, 0) is 0 Å². The third kappa shape index (κ3) is 4.39. The second kappa shape index (κ2) is 8.46. The van der Waals surface area contributed by atoms with Gasteiger partial charge in [0.1, 0.15) is 0 Å². The number of hydrogen-bond donors (Lipinski definition) is 0. The number of halogens is 1. The normalized spacial score (nSPS) is 20.4. The average Bonchev–Trinajstić information content (AvgIpc) is 2.67. The van der Waals surface area contributed by atoms with Gasteiger partial charge in [-0.2, -0.15) is 0 Å². The van der Waals surface area contributed by atoms with Crippen LogP contribution in [0.25, 0.3) is 11.3 Å². The molecule has 1 fully saturated rings. The average molecular weight is 341 g/mol. The van der Waals surface area contributed by atoms with Crippen molar-refractivity contribution in [2.24, 2.45) is 5.92 Å². The monoisotopic (exact) mass is 341 g/mol. The number of ether oxygens (including phenoxy) is 1. The third-order valence-corrected chi connectivity index (χ3v) is 5.52. The summed E-state index contributed by atoms with van der Waals surface area (Å²) in [4.78, 5) is 4.58. The number of aromatic nitrogens is 1. The van der Waals surface area contributed by atoms with Gasteiger partial charge in [-0.3, -0.25) is 4.98 Å². The molecule has 3 heteroatoms. The Balaban J connectivity index is 1.64. The predicted molar refractivity (Wildman–Crippen MR) is 100 cm³/mol. The number of methoxy groups -OCH3 is 1. The Hall–Kier alpha value is -1.90. The fraction of sp³-hybridized carbons (Fsp3) is 0.500. The molecule has 134 valence electrons. The van der Waals surface area contributed by atoms with Crippen LogP contribution in [0.4, 0.5) is 4.39 Å². The lowest BCUT2D eigenvalue weighted by molar-refractivity contribution is 0.304. The van der Waals surface area contributed by atoms with E-state index in [1.807, 2.05) is 18.3 Å². The standard InChI is InChI=1S/C22H28FNO/c1-3-4-5-16-6-8-17(9-7-16)19-10-12-21(24-15-19)18-11-13-22(25-2)20(23)14-18/h10-17H,3-9H2,1-2H3. The van der Waals surface area contributed by atoms with Gasteiger partial charge in [0.15, 0.2) is 11.6 Å². The topological polar surface area (TPSA) is 22.1 Å². The zero-order valence-corrected chi connectivity index (χ0v) is 15.3. The van der Waals surface area contributed by atoms with E-state index in [0.717, 1.165) is 17.2 Å². The van der Waals surface area contributed by atoms with Crippen LogP contribution in [0.2, 0.25) is 0 Å². The second-order valence-electron chi connectivity index (χ2n) is 7.19. The van der Waals surface area contributed by atoms with Gasteiger partial charge in [0, 0.05) is 11.8 Å². The molecular weight excluding hydrogens is 313 g/mol. The quantitative estimate of drug-likeness (QED) is 0.610. The van der Waals surface area contributed by atoms with Crippen LogP contribution in [0.1, 0.15) is 63.4 Å². The molecule has 0 saturated heterocycles. The van der Waals surface area contributed by atoms with Crippen molar-refractivity contribution in [1.29, 1.82) is 0 Å². The van der Waals surface area contributed by atoms with Gasteiger partial charge >= 0.3 is 0 Å². The molecule has 0 spiro atoms. The highest BCUT2D eigenvalue weighted by Gasteiger charge is 2.22. The van der Waals surface area contributed by atoms with Crippen LogP contribution in [0.5, 0.6) is 5.75 Å². The highest BCUT2D eigenvalue weighted by Crippen LogP contribution is 2.37. The van der Waals surface area contributed by atoms with E-state index < -0.39 is 0 Å². The van der Waals surface area contributed by atoms with Gasteiger partial charge < -0.3 is 4.74 Å². The summed E-state index contributed by atoms with van der Waals surface area (Å²) in [7, 11) is 1.47. The van der Waals surface area contributed by atoms with E-state index >= 15 is 0 Å². The molecule has 0 aliphatic heterocycles. The van der Waals surface area contributed by atoms with Crippen LogP contribution < -0.4 is 4.74 Å². The van der Waals surface area contributed by atoms with Crippen molar-refractivity contribution in [3.05, 3.63) is 47.9 Å². The smallest absolute Gasteiger partial charge is 0.165 e. The molecule has 1 saturated carbocycles. The summed E-state index contributed by atoms with van der Waals surface area (Å²) < 4.78 is 18.9. The second-order valence-corrected chi connectivity index (χ2v) is 7.19. The molecule has 0 N–H and O–H groups in total. The van der Waals surface area contributed by atoms with Crippen molar-refractivity contribution in [1.82, 2.24) is 4.98 Å². The lowest BCUT2D eigenvalue weighted by Crippen LogP contribution is -2.13. The van der Waals surface area contributed by atoms with Crippen LogP contribution in [0.15, 0.2) is 36.5 Å². The molecule has 1 aromatic carbocycles. The molecule has 0 atom stereocenters. The van der Waals surface area contributed by atoms with Crippen molar-refractivity contribution in [2.75, 3.05) is 7.11 Å². The summed E-state index contributed by atoms with van der Waals surface area (Å²) in [6.45, 7) is 2.27. The van der Waals surface area contributed by atoms with E-state index in [9.17, 15) is 4.39 Å². The zero-order valence-electron chi connectivity index (χ0n) is 15.3. The van der Waals surface area contributed by atoms with Gasteiger partial charge in [-0.15, -0.1) is 0 Å². The van der Waals surface area contributed by atoms with Crippen LogP contribution in [-0.4, -0.2) is 12.1 Å². The maximum atomic E-state index is 13.9. The molecule has 1 aliphatic carbocycles. The van der Waals surface area contributed by atoms with Crippen LogP contribution in [0.3, 0.4) is 0 Å². The van der Waals surface area contributed by atoms with Gasteiger partial charge in [-0.1, -0.05) is 32.3 Å². The van der Waals surface area contributed by atoms with Gasteiger partial charge in [0.05, 0.1) is 12.8 Å². The Morgan fingerprint density at radius 1 is 1.12 bits per heavy atom. The summed E-state index contributed by atoms with van der Waals surface area (Å²) in [6, 6.07) is 9.17. The van der Waals surface area contributed by atoms with Crippen molar-refractivity contribution < 1.29 is 9.13 Å². The minimum atomic E-state index is -0.351. The highest BCUT2D eigenvalue weighted by atomic mass is 19.1. The Labute approximate surface area is 150 Å². The molecule has 0 bridgehead atoms. The molecule has 2 nitrogen and oxygen atoms in total. The maximum Gasteiger partial charge on any atom is 0.165 e. The summed E-state index contributed by atoms with van der Waals surface area (Å²) in [5, 5.41) is 0. The number of pyridine rings is 1. The van der Waals surface area contributed by atoms with E-state index in [1.165, 1.54) is 63.7 Å². The minimum Gasteiger partial charge on any atom is -0.494 e. The maximum absolute atomic E-state index is 13.9. The molecule has 2 aromatic rings. The van der Waals surface area contributed by atoms with E-state index in [4.69, 9.17) is 4.74 Å². The Morgan fingerprint density at radius 3 is 2.52 bits per heavy atom. The molecule has 1 aliphatic rings. The molecule has 1 heterocycles. The zero-order chi connectivity index (χ0) is 17.6. The van der Waals surface area contributed by atoms with E-state index in [0.29, 0.717) is 5.92 Å². The first-order valence-electron chi connectivity index (χ1n) is 9.51. The summed E-state index contributed by atoms with van der Waals surface area (Å²) in [5.74, 6) is 1.47. The third-order valence-electron chi connectivity index (χ3n) is 5.52. The van der Waals surface area contributed by atoms with E-state index in [-0.39, 0.29) is 11.6 Å². The van der Waals surface area contributed by atoms with Gasteiger partial charge in [0.25, 0.3) is 0 Å². The van der Waals surface area contributed by atoms with Gasteiger partial charge in [-0.05, 0) is 67.3 Å². The summed E-state index contributed by atoms with van der Waals surface area (Å²) >= 11 is 0. The first kappa shape index (κ1) is 17.9. The first-order valence-corrected chi connectivity index (χ1v) is 9.51. The summed E-state index contributed by atoms with van der Waals surface area (Å²) in [5.41, 5.74) is 2.92. The molecule has 0 amide bonds. The van der Waals surface area contributed by atoms with Gasteiger partial charge in [0.2, 0.25) is 0 Å². The fourth-order valence-electron chi connectivity index (χ4n) is 3.92. The summed E-state index contributed by atoms with van der Waals surface area (Å²) in [6.07, 6.45) is 11.3. The fourth-order valence-corrected chi connectivity index (χ4v) is 3.92. The molecule has 25 heavy (non-hydrogen) atoms. The molecule has 1 aromatic heterocycles. The molecule has 0 radical (unpaired) electrons. The molecule has 3 rings (SSSR count). The Morgan fingerprint density at radius 2 is 1.92 bits per heavy atom. The molecular formula is C22H28FNO. The number of unbranched alkanes of at least 4 members (excludes halogenated alkanes) is 1. The predicted octanol–water partition coefficient (Wildman–Crippen LogP) is 6.36. The Kier molecular flexibility index (Phi) is 6.06. The van der Waals surface area contributed by atoms with Crippen LogP contribution >= 0.6 is 0 Å². The SMILES string of the molecule is CCCCC1CCC(c2ccc(-c3ccc(OC)c(F)c3)nc2)CC1. The Bertz CT molecular complexity index is 675. The van der Waals surface area contributed by atoms with Gasteiger partial charge in [-0.25, -0.2) is 4.39 Å². The first-order chi connectivity index (χ1) is 12.2. The number of benzene rings is 1. The lowest BCUT2D eigenvalue weighted by atomic mass is 9.77. The van der Waals surface area contributed by atoms with E-state index in [1.54, 1.807) is 6.07 Å². The van der Waals surface area contributed by atoms with Crippen molar-refractivity contribution in [3.8, 4) is 17.0 Å². The highest BCUT2D eigenvalue weighted by molar-refractivity contribution is 5.60. The van der Waals surface area contributed by atoms with Crippen LogP contribution in [0, 0.1) is 11.7 Å². The van der Waals surface area contributed by atoms with Crippen molar-refractivity contribution in [3.63, 3.8) is 0 Å². The number of rotatable bonds is 6. The molecule has 0 unspecified atom stereocenters. The van der Waals surface area contributed by atoms with Crippen molar-refractivity contribution in [2.45, 2.75) is 57.8 Å². The lowest BCUT2D eigenvalue weighted by Gasteiger charge is -2.28.